The fraction of sp³-hybridized carbons (Fsp3) is 0.914. The molecule has 0 rings (SSSR count). The summed E-state index contributed by atoms with van der Waals surface area (Å²) in [4.78, 5) is 38.1. The van der Waals surface area contributed by atoms with E-state index in [1.807, 2.05) is 0 Å². The van der Waals surface area contributed by atoms with Gasteiger partial charge in [0.05, 0.1) is 0 Å². The lowest BCUT2D eigenvalue weighted by Gasteiger charge is -2.18. The predicted molar refractivity (Wildman–Crippen MR) is 275 cm³/mol. The lowest BCUT2D eigenvalue weighted by atomic mass is 10.0. The van der Waals surface area contributed by atoms with Crippen LogP contribution >= 0.6 is 0 Å². The molecule has 0 radical (unpaired) electrons. The van der Waals surface area contributed by atoms with Crippen LogP contribution in [-0.4, -0.2) is 37.2 Å². The van der Waals surface area contributed by atoms with Crippen LogP contribution in [0.25, 0.3) is 0 Å². The van der Waals surface area contributed by atoms with Gasteiger partial charge in [-0.15, -0.1) is 0 Å². The van der Waals surface area contributed by atoms with E-state index in [0.29, 0.717) is 19.3 Å². The number of ether oxygens (including phenoxy) is 3. The summed E-state index contributed by atoms with van der Waals surface area (Å²) in [6.45, 7) is 6.68. The highest BCUT2D eigenvalue weighted by Gasteiger charge is 2.19. The number of rotatable bonds is 53. The minimum Gasteiger partial charge on any atom is -0.462 e. The Hall–Kier alpha value is -1.85. The van der Waals surface area contributed by atoms with Gasteiger partial charge < -0.3 is 14.2 Å². The van der Waals surface area contributed by atoms with Crippen LogP contribution < -0.4 is 0 Å². The van der Waals surface area contributed by atoms with Crippen molar-refractivity contribution in [3.05, 3.63) is 12.2 Å². The van der Waals surface area contributed by atoms with Gasteiger partial charge >= 0.3 is 17.9 Å². The molecule has 6 nitrogen and oxygen atoms in total. The quantitative estimate of drug-likeness (QED) is 0.0262. The number of allylic oxidation sites excluding steroid dienone is 2. The maximum Gasteiger partial charge on any atom is 0.306 e. The van der Waals surface area contributed by atoms with Crippen molar-refractivity contribution in [2.75, 3.05) is 13.2 Å². The molecule has 6 heteroatoms. The van der Waals surface area contributed by atoms with Crippen molar-refractivity contribution in [3.8, 4) is 0 Å². The maximum absolute atomic E-state index is 12.8. The molecule has 0 saturated heterocycles. The molecule has 0 aromatic rings. The van der Waals surface area contributed by atoms with Gasteiger partial charge in [-0.3, -0.25) is 14.4 Å². The van der Waals surface area contributed by atoms with Gasteiger partial charge in [0.15, 0.2) is 6.10 Å². The smallest absolute Gasteiger partial charge is 0.306 e. The van der Waals surface area contributed by atoms with Gasteiger partial charge in [-0.1, -0.05) is 270 Å². The summed E-state index contributed by atoms with van der Waals surface area (Å²) in [7, 11) is 0. The minimum absolute atomic E-state index is 0.0658. The van der Waals surface area contributed by atoms with Crippen LogP contribution in [0.1, 0.15) is 323 Å². The molecule has 0 bridgehead atoms. The van der Waals surface area contributed by atoms with Crippen molar-refractivity contribution in [2.45, 2.75) is 329 Å². The van der Waals surface area contributed by atoms with Crippen molar-refractivity contribution in [3.63, 3.8) is 0 Å². The second-order valence-electron chi connectivity index (χ2n) is 19.6. The van der Waals surface area contributed by atoms with Crippen molar-refractivity contribution in [1.29, 1.82) is 0 Å². The second kappa shape index (κ2) is 53.8. The highest BCUT2D eigenvalue weighted by molar-refractivity contribution is 5.71. The van der Waals surface area contributed by atoms with Gasteiger partial charge in [0.2, 0.25) is 0 Å². The number of hydrogen-bond acceptors (Lipinski definition) is 6. The van der Waals surface area contributed by atoms with E-state index in [1.54, 1.807) is 0 Å². The molecular weight excluding hydrogens is 793 g/mol. The van der Waals surface area contributed by atoms with Crippen molar-refractivity contribution in [2.24, 2.45) is 0 Å². The number of unbranched alkanes of at least 4 members (excludes halogenated alkanes) is 40. The summed E-state index contributed by atoms with van der Waals surface area (Å²) in [5, 5.41) is 0. The third-order valence-electron chi connectivity index (χ3n) is 13.0. The van der Waals surface area contributed by atoms with E-state index < -0.39 is 6.10 Å². The minimum atomic E-state index is -0.766. The van der Waals surface area contributed by atoms with Gasteiger partial charge in [-0.2, -0.15) is 0 Å². The van der Waals surface area contributed by atoms with E-state index >= 15 is 0 Å². The Morgan fingerprint density at radius 1 is 0.297 bits per heavy atom. The van der Waals surface area contributed by atoms with Crippen LogP contribution in [0.2, 0.25) is 0 Å². The zero-order valence-electron chi connectivity index (χ0n) is 43.3. The summed E-state index contributed by atoms with van der Waals surface area (Å²) in [6.07, 6.45) is 60.5. The van der Waals surface area contributed by atoms with Crippen molar-refractivity contribution < 1.29 is 28.6 Å². The molecule has 0 aromatic heterocycles. The van der Waals surface area contributed by atoms with E-state index in [-0.39, 0.29) is 31.1 Å². The SMILES string of the molecule is CCCCCC/C=C\CCCCCCCCCC(=O)OC(COC(=O)CCCCCCCCCCCCCCC)COC(=O)CCCCCCCCCCCCCCCCCCCC. The Bertz CT molecular complexity index is 993. The van der Waals surface area contributed by atoms with E-state index in [9.17, 15) is 14.4 Å². The van der Waals surface area contributed by atoms with E-state index in [4.69, 9.17) is 14.2 Å². The summed E-state index contributed by atoms with van der Waals surface area (Å²) < 4.78 is 16.9. The molecule has 0 amide bonds. The second-order valence-corrected chi connectivity index (χ2v) is 19.6. The lowest BCUT2D eigenvalue weighted by Crippen LogP contribution is -2.30. The highest BCUT2D eigenvalue weighted by atomic mass is 16.6. The maximum atomic E-state index is 12.8. The first kappa shape index (κ1) is 62.1. The van der Waals surface area contributed by atoms with Crippen LogP contribution in [0.5, 0.6) is 0 Å². The molecule has 0 aliphatic carbocycles. The molecule has 0 N–H and O–H groups in total. The van der Waals surface area contributed by atoms with Gasteiger partial charge in [-0.05, 0) is 44.9 Å². The Morgan fingerprint density at radius 2 is 0.516 bits per heavy atom. The Kier molecular flexibility index (Phi) is 52.2. The standard InChI is InChI=1S/C58H110O6/c1-4-7-10-13-16-19-22-25-27-28-29-31-33-36-39-42-45-48-51-57(60)63-54-55(53-62-56(59)50-47-44-41-38-35-32-24-21-18-15-12-9-6-3)64-58(61)52-49-46-43-40-37-34-30-26-23-20-17-14-11-8-5-2/h20,23,55H,4-19,21-22,24-54H2,1-3H3/b23-20-. The van der Waals surface area contributed by atoms with E-state index in [2.05, 4.69) is 32.9 Å². The van der Waals surface area contributed by atoms with Gasteiger partial charge in [-0.25, -0.2) is 0 Å². The van der Waals surface area contributed by atoms with Crippen LogP contribution in [0.4, 0.5) is 0 Å². The molecule has 1 unspecified atom stereocenters. The summed E-state index contributed by atoms with van der Waals surface area (Å²) >= 11 is 0. The zero-order valence-corrected chi connectivity index (χ0v) is 43.3. The van der Waals surface area contributed by atoms with Crippen LogP contribution in [0.15, 0.2) is 12.2 Å². The first-order valence-electron chi connectivity index (χ1n) is 28.7. The first-order valence-corrected chi connectivity index (χ1v) is 28.7. The van der Waals surface area contributed by atoms with Crippen LogP contribution in [-0.2, 0) is 28.6 Å². The molecule has 64 heavy (non-hydrogen) atoms. The molecular formula is C58H110O6. The van der Waals surface area contributed by atoms with Crippen molar-refractivity contribution in [1.82, 2.24) is 0 Å². The normalized spacial score (nSPS) is 12.0. The number of carbonyl (C=O) groups excluding carboxylic acids is 3. The Labute approximate surface area is 399 Å². The summed E-state index contributed by atoms with van der Waals surface area (Å²) in [5.74, 6) is -0.847. The fourth-order valence-electron chi connectivity index (χ4n) is 8.68. The lowest BCUT2D eigenvalue weighted by molar-refractivity contribution is -0.167. The molecule has 378 valence electrons. The summed E-state index contributed by atoms with van der Waals surface area (Å²) in [6, 6.07) is 0. The van der Waals surface area contributed by atoms with Crippen molar-refractivity contribution >= 4 is 17.9 Å². The zero-order chi connectivity index (χ0) is 46.5. The molecule has 0 fully saturated rings. The number of esters is 3. The average Bonchev–Trinajstić information content (AvgIpc) is 3.29. The van der Waals surface area contributed by atoms with E-state index in [0.717, 1.165) is 57.8 Å². The summed E-state index contributed by atoms with van der Waals surface area (Å²) in [5.41, 5.74) is 0. The molecule has 1 atom stereocenters. The third-order valence-corrected chi connectivity index (χ3v) is 13.0. The highest BCUT2D eigenvalue weighted by Crippen LogP contribution is 2.17. The van der Waals surface area contributed by atoms with Crippen LogP contribution in [0.3, 0.4) is 0 Å². The Balaban J connectivity index is 4.29. The molecule has 0 spiro atoms. The number of hydrogen-bond donors (Lipinski definition) is 0. The third kappa shape index (κ3) is 51.1. The van der Waals surface area contributed by atoms with Gasteiger partial charge in [0.1, 0.15) is 13.2 Å². The fourth-order valence-corrected chi connectivity index (χ4v) is 8.68. The van der Waals surface area contributed by atoms with E-state index in [1.165, 1.54) is 225 Å². The average molecular weight is 904 g/mol. The predicted octanol–water partition coefficient (Wildman–Crippen LogP) is 18.9. The Morgan fingerprint density at radius 3 is 0.797 bits per heavy atom. The van der Waals surface area contributed by atoms with Gasteiger partial charge in [0, 0.05) is 19.3 Å². The topological polar surface area (TPSA) is 78.9 Å². The number of carbonyl (C=O) groups is 3. The molecule has 0 aliphatic heterocycles. The van der Waals surface area contributed by atoms with Gasteiger partial charge in [0.25, 0.3) is 0 Å². The monoisotopic (exact) mass is 903 g/mol. The molecule has 0 heterocycles. The molecule has 0 aliphatic rings. The molecule has 0 aromatic carbocycles. The molecule has 0 saturated carbocycles. The largest absolute Gasteiger partial charge is 0.462 e. The van der Waals surface area contributed by atoms with Crippen LogP contribution in [0, 0.1) is 0 Å². The first-order chi connectivity index (χ1) is 31.5.